The van der Waals surface area contributed by atoms with E-state index in [1.165, 1.54) is 11.4 Å². The summed E-state index contributed by atoms with van der Waals surface area (Å²) >= 11 is 1.73. The lowest BCUT2D eigenvalue weighted by Gasteiger charge is -2.39. The Morgan fingerprint density at radius 2 is 2.60 bits per heavy atom. The fraction of sp³-hybridized carbons (Fsp3) is 0.667. The summed E-state index contributed by atoms with van der Waals surface area (Å²) in [4.78, 5) is 6.85. The Kier molecular flexibility index (Phi) is 4.51. The molecule has 2 saturated heterocycles. The minimum Gasteiger partial charge on any atom is -0.372 e. The van der Waals surface area contributed by atoms with E-state index >= 15 is 0 Å². The first-order valence-corrected chi connectivity index (χ1v) is 8.15. The molecule has 110 valence electrons. The van der Waals surface area contributed by atoms with Crippen molar-refractivity contribution in [2.45, 2.75) is 37.5 Å². The van der Waals surface area contributed by atoms with E-state index in [4.69, 9.17) is 9.47 Å². The van der Waals surface area contributed by atoms with Crippen LogP contribution in [0.4, 0.5) is 0 Å². The van der Waals surface area contributed by atoms with E-state index in [-0.39, 0.29) is 11.7 Å². The van der Waals surface area contributed by atoms with Gasteiger partial charge in [-0.2, -0.15) is 0 Å². The number of nitrogens with zero attached hydrogens (tertiary/aromatic N) is 2. The topological polar surface area (TPSA) is 34.6 Å². The molecule has 2 aliphatic heterocycles. The maximum Gasteiger partial charge on any atom is 0.107 e. The fourth-order valence-electron chi connectivity index (χ4n) is 3.25. The van der Waals surface area contributed by atoms with E-state index in [0.717, 1.165) is 39.1 Å². The predicted molar refractivity (Wildman–Crippen MR) is 79.9 cm³/mol. The molecule has 2 fully saturated rings. The molecule has 1 aromatic heterocycles. The third-order valence-corrected chi connectivity index (χ3v) is 4.85. The van der Waals surface area contributed by atoms with E-state index in [1.807, 2.05) is 11.6 Å². The van der Waals surface area contributed by atoms with Crippen molar-refractivity contribution in [1.29, 1.82) is 0 Å². The molecule has 5 heteroatoms. The molecule has 0 aliphatic carbocycles. The van der Waals surface area contributed by atoms with Gasteiger partial charge in [0.1, 0.15) is 5.01 Å². The molecule has 0 radical (unpaired) electrons. The van der Waals surface area contributed by atoms with Crippen molar-refractivity contribution in [3.8, 4) is 0 Å². The Hall–Kier alpha value is -0.750. The summed E-state index contributed by atoms with van der Waals surface area (Å²) in [5, 5.41) is 3.24. The summed E-state index contributed by atoms with van der Waals surface area (Å²) in [6, 6.07) is 0. The summed E-state index contributed by atoms with van der Waals surface area (Å²) < 4.78 is 11.9. The number of hydrogen-bond donors (Lipinski definition) is 0. The number of likely N-dealkylation sites (tertiary alicyclic amines) is 1. The van der Waals surface area contributed by atoms with E-state index in [2.05, 4.69) is 16.5 Å². The molecule has 3 heterocycles. The summed E-state index contributed by atoms with van der Waals surface area (Å²) in [6.07, 6.45) is 7.27. The Bertz CT molecular complexity index is 437. The zero-order valence-corrected chi connectivity index (χ0v) is 12.6. The first-order valence-electron chi connectivity index (χ1n) is 7.27. The third-order valence-electron chi connectivity index (χ3n) is 4.09. The van der Waals surface area contributed by atoms with Gasteiger partial charge in [-0.15, -0.1) is 17.9 Å². The van der Waals surface area contributed by atoms with Gasteiger partial charge in [0.2, 0.25) is 0 Å². The van der Waals surface area contributed by atoms with Crippen molar-refractivity contribution < 1.29 is 9.47 Å². The highest BCUT2D eigenvalue weighted by Crippen LogP contribution is 2.36. The van der Waals surface area contributed by atoms with Gasteiger partial charge in [-0.1, -0.05) is 6.08 Å². The number of ether oxygens (including phenoxy) is 2. The van der Waals surface area contributed by atoms with Crippen molar-refractivity contribution in [2.24, 2.45) is 0 Å². The fourth-order valence-corrected chi connectivity index (χ4v) is 3.90. The smallest absolute Gasteiger partial charge is 0.107 e. The lowest BCUT2D eigenvalue weighted by molar-refractivity contribution is -0.0544. The van der Waals surface area contributed by atoms with Crippen LogP contribution in [0, 0.1) is 0 Å². The first kappa shape index (κ1) is 14.2. The average Bonchev–Trinajstić information content (AvgIpc) is 3.07. The number of piperidine rings is 1. The van der Waals surface area contributed by atoms with Gasteiger partial charge in [0.05, 0.1) is 31.5 Å². The number of aromatic nitrogens is 1. The van der Waals surface area contributed by atoms with Gasteiger partial charge < -0.3 is 9.47 Å². The highest BCUT2D eigenvalue weighted by Gasteiger charge is 2.43. The van der Waals surface area contributed by atoms with Gasteiger partial charge in [-0.25, -0.2) is 4.98 Å². The molecule has 4 nitrogen and oxygen atoms in total. The maximum absolute atomic E-state index is 6.12. The molecule has 0 amide bonds. The van der Waals surface area contributed by atoms with Crippen molar-refractivity contribution >= 4 is 11.3 Å². The lowest BCUT2D eigenvalue weighted by Crippen LogP contribution is -2.47. The average molecular weight is 294 g/mol. The molecule has 0 N–H and O–H groups in total. The summed E-state index contributed by atoms with van der Waals surface area (Å²) in [6.45, 7) is 8.13. The van der Waals surface area contributed by atoms with Crippen LogP contribution in [0.2, 0.25) is 0 Å². The minimum absolute atomic E-state index is 0.00134. The molecule has 0 bridgehead atoms. The molecule has 1 aromatic rings. The Labute approximate surface area is 124 Å². The molecule has 2 aliphatic rings. The van der Waals surface area contributed by atoms with E-state index in [1.54, 1.807) is 17.4 Å². The second-order valence-corrected chi connectivity index (χ2v) is 6.66. The molecule has 2 atom stereocenters. The van der Waals surface area contributed by atoms with Crippen LogP contribution in [0.25, 0.3) is 0 Å². The van der Waals surface area contributed by atoms with Crippen molar-refractivity contribution in [1.82, 2.24) is 9.88 Å². The van der Waals surface area contributed by atoms with Gasteiger partial charge in [-0.05, 0) is 19.4 Å². The molecular formula is C15H22N2O2S. The van der Waals surface area contributed by atoms with Gasteiger partial charge in [-0.3, -0.25) is 4.90 Å². The normalized spacial score (nSPS) is 30.9. The predicted octanol–water partition coefficient (Wildman–Crippen LogP) is 2.47. The van der Waals surface area contributed by atoms with Crippen LogP contribution in [-0.4, -0.2) is 47.9 Å². The summed E-state index contributed by atoms with van der Waals surface area (Å²) in [5.41, 5.74) is 0.00134. The van der Waals surface area contributed by atoms with Gasteiger partial charge in [0, 0.05) is 24.5 Å². The second-order valence-electron chi connectivity index (χ2n) is 5.68. The Morgan fingerprint density at radius 1 is 1.65 bits per heavy atom. The van der Waals surface area contributed by atoms with Gasteiger partial charge in [0.25, 0.3) is 0 Å². The first-order chi connectivity index (χ1) is 9.80. The van der Waals surface area contributed by atoms with E-state index in [0.29, 0.717) is 6.61 Å². The van der Waals surface area contributed by atoms with Crippen molar-refractivity contribution in [3.63, 3.8) is 0 Å². The number of hydrogen-bond acceptors (Lipinski definition) is 5. The van der Waals surface area contributed by atoms with Crippen molar-refractivity contribution in [3.05, 3.63) is 29.2 Å². The second kappa shape index (κ2) is 6.35. The van der Waals surface area contributed by atoms with Crippen LogP contribution in [0.1, 0.15) is 24.3 Å². The minimum atomic E-state index is 0.00134. The lowest BCUT2D eigenvalue weighted by atomic mass is 9.89. The summed E-state index contributed by atoms with van der Waals surface area (Å²) in [5.74, 6) is 0. The molecule has 3 rings (SSSR count). The van der Waals surface area contributed by atoms with Crippen LogP contribution in [0.3, 0.4) is 0 Å². The van der Waals surface area contributed by atoms with Crippen LogP contribution in [0.15, 0.2) is 24.2 Å². The van der Waals surface area contributed by atoms with Crippen LogP contribution >= 0.6 is 11.3 Å². The van der Waals surface area contributed by atoms with Gasteiger partial charge in [0.15, 0.2) is 0 Å². The maximum atomic E-state index is 6.12. The quantitative estimate of drug-likeness (QED) is 0.781. The van der Waals surface area contributed by atoms with E-state index in [9.17, 15) is 0 Å². The number of rotatable bonds is 5. The largest absolute Gasteiger partial charge is 0.372 e. The molecule has 1 spiro atoms. The molecule has 0 aromatic carbocycles. The van der Waals surface area contributed by atoms with Crippen molar-refractivity contribution in [2.75, 3.05) is 26.3 Å². The summed E-state index contributed by atoms with van der Waals surface area (Å²) in [7, 11) is 0. The third kappa shape index (κ3) is 3.28. The zero-order chi connectivity index (χ0) is 13.8. The zero-order valence-electron chi connectivity index (χ0n) is 11.8. The standard InChI is InChI=1S/C15H22N2O2S/c1-2-7-18-13-9-15(19-11-13)4-3-6-17(12-15)10-14-16-5-8-20-14/h2,5,8,13H,1,3-4,6-7,9-12H2/t13-,15-/m1/s1. The Balaban J connectivity index is 1.56. The molecule has 0 unspecified atom stereocenters. The van der Waals surface area contributed by atoms with Gasteiger partial charge >= 0.3 is 0 Å². The number of thiazole rings is 1. The van der Waals surface area contributed by atoms with Crippen LogP contribution in [-0.2, 0) is 16.0 Å². The highest BCUT2D eigenvalue weighted by atomic mass is 32.1. The van der Waals surface area contributed by atoms with Crippen LogP contribution in [0.5, 0.6) is 0 Å². The molecule has 20 heavy (non-hydrogen) atoms. The molecule has 0 saturated carbocycles. The van der Waals surface area contributed by atoms with E-state index < -0.39 is 0 Å². The van der Waals surface area contributed by atoms with Crippen LogP contribution < -0.4 is 0 Å². The monoisotopic (exact) mass is 294 g/mol. The highest BCUT2D eigenvalue weighted by molar-refractivity contribution is 7.09. The Morgan fingerprint density at radius 3 is 3.40 bits per heavy atom. The SMILES string of the molecule is C=CCO[C@H]1CO[C@]2(CCCN(Cc3nccs3)C2)C1. The molecular weight excluding hydrogens is 272 g/mol.